The summed E-state index contributed by atoms with van der Waals surface area (Å²) in [5.41, 5.74) is 9.93. The van der Waals surface area contributed by atoms with E-state index in [-0.39, 0.29) is 0 Å². The Balaban J connectivity index is 1.62. The van der Waals surface area contributed by atoms with Crippen molar-refractivity contribution in [1.82, 2.24) is 4.98 Å². The summed E-state index contributed by atoms with van der Waals surface area (Å²) < 4.78 is 0. The Morgan fingerprint density at radius 3 is 1.22 bits per heavy atom. The maximum Gasteiger partial charge on any atom is 0.0471 e. The van der Waals surface area contributed by atoms with E-state index in [0.29, 0.717) is 0 Å². The van der Waals surface area contributed by atoms with Gasteiger partial charge in [0.1, 0.15) is 0 Å². The number of nitrogens with one attached hydrogen (secondary N) is 1. The topological polar surface area (TPSA) is 15.8 Å². The van der Waals surface area contributed by atoms with Gasteiger partial charge in [0.15, 0.2) is 0 Å². The van der Waals surface area contributed by atoms with Gasteiger partial charge < -0.3 is 4.98 Å². The van der Waals surface area contributed by atoms with Gasteiger partial charge in [-0.05, 0) is 48.2 Å². The molecule has 5 aromatic rings. The molecule has 0 bridgehead atoms. The molecule has 130 valence electrons. The lowest BCUT2D eigenvalue weighted by atomic mass is 10.0. The summed E-state index contributed by atoms with van der Waals surface area (Å²) in [7, 11) is 0. The van der Waals surface area contributed by atoms with Crippen molar-refractivity contribution in [3.63, 3.8) is 0 Å². The summed E-state index contributed by atoms with van der Waals surface area (Å²) in [4.78, 5) is 3.62. The van der Waals surface area contributed by atoms with Gasteiger partial charge in [0.05, 0.1) is 0 Å². The summed E-state index contributed by atoms with van der Waals surface area (Å²) in [5, 5.41) is 2.55. The average molecular weight is 347 g/mol. The lowest BCUT2D eigenvalue weighted by Gasteiger charge is -2.03. The highest BCUT2D eigenvalue weighted by Crippen LogP contribution is 2.32. The molecule has 5 rings (SSSR count). The molecule has 0 radical (unpaired) electrons. The molecule has 1 aromatic heterocycles. The zero-order chi connectivity index (χ0) is 18.4. The summed E-state index contributed by atoms with van der Waals surface area (Å²) in [5.74, 6) is 0. The van der Waals surface area contributed by atoms with E-state index in [0.717, 1.165) is 0 Å². The van der Waals surface area contributed by atoms with Crippen molar-refractivity contribution in [3.05, 3.63) is 96.1 Å². The van der Waals surface area contributed by atoms with Crippen LogP contribution in [0.5, 0.6) is 0 Å². The van der Waals surface area contributed by atoms with Crippen LogP contribution in [0.2, 0.25) is 0 Å². The maximum atomic E-state index is 3.62. The van der Waals surface area contributed by atoms with Crippen LogP contribution in [0.1, 0.15) is 11.1 Å². The van der Waals surface area contributed by atoms with Crippen LogP contribution >= 0.6 is 0 Å². The highest BCUT2D eigenvalue weighted by Gasteiger charge is 2.08. The van der Waals surface area contributed by atoms with E-state index in [1.807, 2.05) is 0 Å². The predicted molar refractivity (Wildman–Crippen MR) is 116 cm³/mol. The fourth-order valence-corrected chi connectivity index (χ4v) is 3.76. The molecule has 1 nitrogen and oxygen atoms in total. The summed E-state index contributed by atoms with van der Waals surface area (Å²) in [6, 6.07) is 30.8. The minimum absolute atomic E-state index is 1.18. The minimum Gasteiger partial charge on any atom is -0.354 e. The standard InChI is InChI=1S/C26H21N/c1-17-3-7-19(8-4-17)21-11-13-23-24-14-12-22(16-26(24)27-25(23)15-21)20-9-5-18(2)6-10-20/h3-16,27H,1-2H3. The molecule has 4 aromatic carbocycles. The molecule has 0 spiro atoms. The van der Waals surface area contributed by atoms with Gasteiger partial charge in [0, 0.05) is 21.8 Å². The molecule has 0 atom stereocenters. The van der Waals surface area contributed by atoms with Crippen LogP contribution < -0.4 is 0 Å². The quantitative estimate of drug-likeness (QED) is 0.345. The highest BCUT2D eigenvalue weighted by atomic mass is 14.7. The number of hydrogen-bond acceptors (Lipinski definition) is 0. The lowest BCUT2D eigenvalue weighted by Crippen LogP contribution is -1.79. The number of benzene rings is 4. The molecule has 0 aliphatic heterocycles. The Kier molecular flexibility index (Phi) is 3.61. The number of aromatic nitrogens is 1. The van der Waals surface area contributed by atoms with Gasteiger partial charge in [-0.2, -0.15) is 0 Å². The molecule has 0 fully saturated rings. The number of fused-ring (bicyclic) bond motifs is 3. The number of aromatic amines is 1. The monoisotopic (exact) mass is 347 g/mol. The van der Waals surface area contributed by atoms with Crippen LogP contribution in [0.3, 0.4) is 0 Å². The van der Waals surface area contributed by atoms with Crippen molar-refractivity contribution in [2.45, 2.75) is 13.8 Å². The van der Waals surface area contributed by atoms with E-state index >= 15 is 0 Å². The van der Waals surface area contributed by atoms with Crippen LogP contribution in [0.15, 0.2) is 84.9 Å². The van der Waals surface area contributed by atoms with Gasteiger partial charge in [-0.25, -0.2) is 0 Å². The van der Waals surface area contributed by atoms with Gasteiger partial charge >= 0.3 is 0 Å². The summed E-state index contributed by atoms with van der Waals surface area (Å²) in [6.07, 6.45) is 0. The van der Waals surface area contributed by atoms with E-state index in [9.17, 15) is 0 Å². The molecule has 27 heavy (non-hydrogen) atoms. The highest BCUT2D eigenvalue weighted by molar-refractivity contribution is 6.09. The van der Waals surface area contributed by atoms with Gasteiger partial charge in [-0.1, -0.05) is 83.9 Å². The molecule has 0 saturated heterocycles. The van der Waals surface area contributed by atoms with Crippen LogP contribution in [0.4, 0.5) is 0 Å². The van der Waals surface area contributed by atoms with Crippen LogP contribution in [-0.2, 0) is 0 Å². The Bertz CT molecular complexity index is 1160. The third-order valence-electron chi connectivity index (χ3n) is 5.37. The fourth-order valence-electron chi connectivity index (χ4n) is 3.76. The lowest BCUT2D eigenvalue weighted by molar-refractivity contribution is 1.47. The fraction of sp³-hybridized carbons (Fsp3) is 0.0769. The first-order valence-corrected chi connectivity index (χ1v) is 9.37. The second-order valence-corrected chi connectivity index (χ2v) is 7.38. The van der Waals surface area contributed by atoms with Gasteiger partial charge in [0.25, 0.3) is 0 Å². The van der Waals surface area contributed by atoms with Crippen molar-refractivity contribution in [2.75, 3.05) is 0 Å². The van der Waals surface area contributed by atoms with Gasteiger partial charge in [-0.3, -0.25) is 0 Å². The SMILES string of the molecule is Cc1ccc(-c2ccc3c(c2)[nH]c2cc(-c4ccc(C)cc4)ccc23)cc1. The maximum absolute atomic E-state index is 3.62. The first-order chi connectivity index (χ1) is 13.2. The van der Waals surface area contributed by atoms with E-state index in [1.54, 1.807) is 0 Å². The molecule has 1 heteroatoms. The Morgan fingerprint density at radius 1 is 0.444 bits per heavy atom. The number of aryl methyl sites for hydroxylation is 2. The Labute approximate surface area is 159 Å². The smallest absolute Gasteiger partial charge is 0.0471 e. The first-order valence-electron chi connectivity index (χ1n) is 9.37. The molecule has 0 amide bonds. The van der Waals surface area contributed by atoms with Crippen molar-refractivity contribution in [3.8, 4) is 22.3 Å². The Hall–Kier alpha value is -3.32. The summed E-state index contributed by atoms with van der Waals surface area (Å²) in [6.45, 7) is 4.24. The molecule has 0 aliphatic carbocycles. The van der Waals surface area contributed by atoms with Crippen LogP contribution in [0, 0.1) is 13.8 Å². The molecule has 0 unspecified atom stereocenters. The first kappa shape index (κ1) is 15.9. The largest absolute Gasteiger partial charge is 0.354 e. The van der Waals surface area contributed by atoms with Crippen LogP contribution in [-0.4, -0.2) is 4.98 Å². The van der Waals surface area contributed by atoms with Crippen LogP contribution in [0.25, 0.3) is 44.1 Å². The number of hydrogen-bond donors (Lipinski definition) is 1. The second kappa shape index (κ2) is 6.14. The summed E-state index contributed by atoms with van der Waals surface area (Å²) >= 11 is 0. The van der Waals surface area contributed by atoms with Gasteiger partial charge in [0.2, 0.25) is 0 Å². The minimum atomic E-state index is 1.18. The van der Waals surface area contributed by atoms with Crippen molar-refractivity contribution in [2.24, 2.45) is 0 Å². The zero-order valence-corrected chi connectivity index (χ0v) is 15.6. The second-order valence-electron chi connectivity index (χ2n) is 7.38. The molecule has 1 heterocycles. The van der Waals surface area contributed by atoms with E-state index < -0.39 is 0 Å². The molecule has 1 N–H and O–H groups in total. The third kappa shape index (κ3) is 2.82. The predicted octanol–water partition coefficient (Wildman–Crippen LogP) is 7.27. The zero-order valence-electron chi connectivity index (χ0n) is 15.6. The molecular formula is C26H21N. The average Bonchev–Trinajstić information content (AvgIpc) is 3.06. The number of rotatable bonds is 2. The van der Waals surface area contributed by atoms with E-state index in [4.69, 9.17) is 0 Å². The molecule has 0 saturated carbocycles. The third-order valence-corrected chi connectivity index (χ3v) is 5.37. The molecule has 0 aliphatic rings. The van der Waals surface area contributed by atoms with Gasteiger partial charge in [-0.15, -0.1) is 0 Å². The van der Waals surface area contributed by atoms with Crippen molar-refractivity contribution in [1.29, 1.82) is 0 Å². The van der Waals surface area contributed by atoms with E-state index in [2.05, 4.69) is 104 Å². The number of H-pyrrole nitrogens is 1. The van der Waals surface area contributed by atoms with Crippen molar-refractivity contribution < 1.29 is 0 Å². The normalized spacial score (nSPS) is 11.3. The van der Waals surface area contributed by atoms with Crippen molar-refractivity contribution >= 4 is 21.8 Å². The molecular weight excluding hydrogens is 326 g/mol. The Morgan fingerprint density at radius 2 is 0.815 bits per heavy atom. The van der Waals surface area contributed by atoms with E-state index in [1.165, 1.54) is 55.2 Å².